The van der Waals surface area contributed by atoms with Crippen LogP contribution in [-0.4, -0.2) is 28.4 Å². The Morgan fingerprint density at radius 3 is 2.43 bits per heavy atom. The molecule has 0 aliphatic carbocycles. The van der Waals surface area contributed by atoms with E-state index in [0.29, 0.717) is 11.4 Å². The number of nitrogens with zero attached hydrogens (tertiary/aromatic N) is 3. The van der Waals surface area contributed by atoms with Gasteiger partial charge in [-0.1, -0.05) is 46.3 Å². The first-order valence-corrected chi connectivity index (χ1v) is 8.87. The molecule has 0 aliphatic rings. The number of ether oxygens (including phenoxy) is 1. The fraction of sp³-hybridized carbons (Fsp3) is 0.200. The van der Waals surface area contributed by atoms with Gasteiger partial charge in [0.15, 0.2) is 5.69 Å². The zero-order valence-electron chi connectivity index (χ0n) is 15.4. The van der Waals surface area contributed by atoms with Crippen LogP contribution in [0.15, 0.2) is 70.5 Å². The lowest BCUT2D eigenvalue weighted by molar-refractivity contribution is -0.756. The standard InChI is InChI=1S/C20H20N4O4/c1-2-28-17(25)13-14-23-18(19(26)21-15-9-5-3-6-10-15)20(27)24(22-23)16-11-7-4-8-12-16/h3-12H,2,13-14H2,1H3,(H-,21,22,26,27). The molecule has 1 N–H and O–H groups in total. The molecule has 2 aromatic carbocycles. The number of aromatic nitrogens is 3. The molecule has 28 heavy (non-hydrogen) atoms. The highest BCUT2D eigenvalue weighted by Gasteiger charge is 2.24. The van der Waals surface area contributed by atoms with Gasteiger partial charge in [-0.05, 0) is 31.2 Å². The lowest BCUT2D eigenvalue weighted by atomic mass is 10.3. The Balaban J connectivity index is 2.03. The zero-order valence-corrected chi connectivity index (χ0v) is 15.4. The second-order valence-electron chi connectivity index (χ2n) is 5.88. The predicted molar refractivity (Wildman–Crippen MR) is 100 cm³/mol. The monoisotopic (exact) mass is 380 g/mol. The van der Waals surface area contributed by atoms with E-state index in [1.807, 2.05) is 12.1 Å². The minimum atomic E-state index is -0.689. The molecule has 144 valence electrons. The van der Waals surface area contributed by atoms with Crippen molar-refractivity contribution in [2.24, 2.45) is 4.99 Å². The van der Waals surface area contributed by atoms with Crippen LogP contribution in [0.3, 0.4) is 0 Å². The van der Waals surface area contributed by atoms with E-state index in [9.17, 15) is 14.7 Å². The van der Waals surface area contributed by atoms with Gasteiger partial charge in [0.1, 0.15) is 6.54 Å². The van der Waals surface area contributed by atoms with Crippen LogP contribution in [0.1, 0.15) is 19.0 Å². The van der Waals surface area contributed by atoms with Crippen molar-refractivity contribution in [3.63, 3.8) is 0 Å². The Labute approximate surface area is 161 Å². The van der Waals surface area contributed by atoms with Crippen molar-refractivity contribution < 1.29 is 19.3 Å². The predicted octanol–water partition coefficient (Wildman–Crippen LogP) is 0.845. The highest BCUT2D eigenvalue weighted by molar-refractivity contribution is 5.88. The number of hydrogen-bond donors (Lipinski definition) is 1. The Morgan fingerprint density at radius 2 is 1.79 bits per heavy atom. The molecule has 3 aromatic rings. The van der Waals surface area contributed by atoms with Crippen LogP contribution in [0.4, 0.5) is 5.69 Å². The number of hydrogen-bond acceptors (Lipinski definition) is 5. The topological polar surface area (TPSA) is 103 Å². The number of rotatable bonds is 7. The fourth-order valence-electron chi connectivity index (χ4n) is 2.67. The normalized spacial score (nSPS) is 11.4. The van der Waals surface area contributed by atoms with E-state index in [4.69, 9.17) is 4.74 Å². The maximum absolute atomic E-state index is 12.9. The van der Waals surface area contributed by atoms with Crippen LogP contribution in [0.2, 0.25) is 0 Å². The van der Waals surface area contributed by atoms with Gasteiger partial charge in [0.2, 0.25) is 5.69 Å². The van der Waals surface area contributed by atoms with Crippen LogP contribution in [0.5, 0.6) is 0 Å². The first-order valence-electron chi connectivity index (χ1n) is 8.87. The number of esters is 1. The molecule has 3 rings (SSSR count). The Kier molecular flexibility index (Phi) is 6.01. The van der Waals surface area contributed by atoms with Gasteiger partial charge in [-0.25, -0.2) is 4.79 Å². The van der Waals surface area contributed by atoms with Gasteiger partial charge in [-0.15, -0.1) is 0 Å². The molecule has 0 amide bonds. The van der Waals surface area contributed by atoms with E-state index < -0.39 is 17.4 Å². The number of para-hydroxylation sites is 2. The number of aliphatic imine (C=N–C) groups is 1. The summed E-state index contributed by atoms with van der Waals surface area (Å²) in [6.45, 7) is 2.06. The van der Waals surface area contributed by atoms with E-state index in [2.05, 4.69) is 10.2 Å². The number of aryl methyl sites for hydroxylation is 1. The summed E-state index contributed by atoms with van der Waals surface area (Å²) < 4.78 is 7.51. The molecule has 0 saturated heterocycles. The van der Waals surface area contributed by atoms with Gasteiger partial charge in [-0.3, -0.25) is 9.79 Å². The summed E-state index contributed by atoms with van der Waals surface area (Å²) in [5.41, 5.74) is 0.309. The van der Waals surface area contributed by atoms with E-state index in [1.54, 1.807) is 55.5 Å². The molecule has 0 atom stereocenters. The smallest absolute Gasteiger partial charge is 0.406 e. The van der Waals surface area contributed by atoms with Crippen LogP contribution in [-0.2, 0) is 16.1 Å². The Morgan fingerprint density at radius 1 is 1.14 bits per heavy atom. The maximum Gasteiger partial charge on any atom is 0.406 e. The van der Waals surface area contributed by atoms with Gasteiger partial charge in [0.25, 0.3) is 0 Å². The average molecular weight is 380 g/mol. The van der Waals surface area contributed by atoms with Crippen LogP contribution >= 0.6 is 0 Å². The number of carbonyl (C=O) groups is 1. The second kappa shape index (κ2) is 8.81. The SMILES string of the molecule is CCOC(=O)CC[n+]1[nH]n(-c2ccccc2)c(=O)c1C([O-])=Nc1ccccc1. The zero-order chi connectivity index (χ0) is 19.9. The summed E-state index contributed by atoms with van der Waals surface area (Å²) in [7, 11) is 0. The van der Waals surface area contributed by atoms with E-state index in [1.165, 1.54) is 9.36 Å². The van der Waals surface area contributed by atoms with Crippen LogP contribution in [0.25, 0.3) is 5.69 Å². The molecular weight excluding hydrogens is 360 g/mol. The van der Waals surface area contributed by atoms with Gasteiger partial charge in [0, 0.05) is 5.90 Å². The first-order chi connectivity index (χ1) is 13.6. The molecule has 1 heterocycles. The average Bonchev–Trinajstić information content (AvgIpc) is 3.04. The number of benzene rings is 2. The minimum Gasteiger partial charge on any atom is -0.855 e. The molecule has 0 spiro atoms. The summed E-state index contributed by atoms with van der Waals surface area (Å²) in [6, 6.07) is 17.5. The van der Waals surface area contributed by atoms with Gasteiger partial charge in [-0.2, -0.15) is 4.68 Å². The van der Waals surface area contributed by atoms with Crippen molar-refractivity contribution >= 4 is 17.6 Å². The molecular formula is C20H20N4O4. The van der Waals surface area contributed by atoms with Crippen molar-refractivity contribution in [1.82, 2.24) is 9.90 Å². The molecule has 1 aromatic heterocycles. The van der Waals surface area contributed by atoms with Crippen molar-refractivity contribution in [3.8, 4) is 5.69 Å². The summed E-state index contributed by atoms with van der Waals surface area (Å²) >= 11 is 0. The lowest BCUT2D eigenvalue weighted by Gasteiger charge is -2.07. The number of carbonyl (C=O) groups excluding carboxylic acids is 1. The van der Waals surface area contributed by atoms with Crippen molar-refractivity contribution in [3.05, 3.63) is 76.7 Å². The minimum absolute atomic E-state index is 0.0128. The summed E-state index contributed by atoms with van der Waals surface area (Å²) in [6.07, 6.45) is 0.0128. The molecule has 0 radical (unpaired) electrons. The van der Waals surface area contributed by atoms with E-state index >= 15 is 0 Å². The van der Waals surface area contributed by atoms with Crippen molar-refractivity contribution in [2.75, 3.05) is 6.61 Å². The number of aromatic amines is 1. The first kappa shape index (κ1) is 19.1. The third-order valence-corrected chi connectivity index (χ3v) is 3.94. The molecule has 8 heteroatoms. The number of H-pyrrole nitrogens is 1. The second-order valence-corrected chi connectivity index (χ2v) is 5.88. The molecule has 0 saturated carbocycles. The molecule has 0 aliphatic heterocycles. The molecule has 0 unspecified atom stereocenters. The molecule has 0 bridgehead atoms. The van der Waals surface area contributed by atoms with Crippen molar-refractivity contribution in [1.29, 1.82) is 0 Å². The van der Waals surface area contributed by atoms with Gasteiger partial charge in [0.05, 0.1) is 18.7 Å². The third-order valence-electron chi connectivity index (χ3n) is 3.94. The van der Waals surface area contributed by atoms with Crippen molar-refractivity contribution in [2.45, 2.75) is 19.9 Å². The van der Waals surface area contributed by atoms with E-state index in [0.717, 1.165) is 0 Å². The van der Waals surface area contributed by atoms with Crippen LogP contribution < -0.4 is 15.3 Å². The highest BCUT2D eigenvalue weighted by atomic mass is 16.5. The quantitative estimate of drug-likeness (QED) is 0.284. The van der Waals surface area contributed by atoms with Gasteiger partial charge >= 0.3 is 11.5 Å². The molecule has 8 nitrogen and oxygen atoms in total. The summed E-state index contributed by atoms with van der Waals surface area (Å²) in [5, 5.41) is 15.6. The highest BCUT2D eigenvalue weighted by Crippen LogP contribution is 2.10. The third kappa shape index (κ3) is 4.35. The Hall–Kier alpha value is -3.68. The van der Waals surface area contributed by atoms with E-state index in [-0.39, 0.29) is 25.3 Å². The maximum atomic E-state index is 12.9. The lowest BCUT2D eigenvalue weighted by Crippen LogP contribution is -2.47. The fourth-order valence-corrected chi connectivity index (χ4v) is 2.67. The number of nitrogens with one attached hydrogen (secondary N) is 1. The summed E-state index contributed by atoms with van der Waals surface area (Å²) in [4.78, 5) is 28.6. The summed E-state index contributed by atoms with van der Waals surface area (Å²) in [5.74, 6) is -1.10. The largest absolute Gasteiger partial charge is 0.855 e. The Bertz CT molecular complexity index is 1020. The van der Waals surface area contributed by atoms with Gasteiger partial charge < -0.3 is 9.84 Å². The van der Waals surface area contributed by atoms with Crippen LogP contribution in [0, 0.1) is 0 Å². The molecule has 0 fully saturated rings.